The molecule has 138 valence electrons. The van der Waals surface area contributed by atoms with Crippen LogP contribution in [0.3, 0.4) is 0 Å². The molecule has 2 N–H and O–H groups in total. The molecule has 0 unspecified atom stereocenters. The average molecular weight is 402 g/mol. The number of aryl methyl sites for hydroxylation is 1. The Bertz CT molecular complexity index is 926. The van der Waals surface area contributed by atoms with Crippen molar-refractivity contribution in [2.75, 3.05) is 11.9 Å². The number of rotatable bonds is 4. The molecule has 0 aliphatic carbocycles. The molecule has 27 heavy (non-hydrogen) atoms. The Balaban J connectivity index is 1.54. The van der Waals surface area contributed by atoms with Crippen LogP contribution in [-0.4, -0.2) is 34.3 Å². The zero-order valence-electron chi connectivity index (χ0n) is 14.4. The third-order valence-electron chi connectivity index (χ3n) is 4.13. The Morgan fingerprint density at radius 2 is 1.74 bits per heavy atom. The average Bonchev–Trinajstić information content (AvgIpc) is 2.87. The van der Waals surface area contributed by atoms with Crippen LogP contribution in [0, 0.1) is 6.92 Å². The molecule has 0 bridgehead atoms. The quantitative estimate of drug-likeness (QED) is 0.607. The molecule has 0 saturated heterocycles. The van der Waals surface area contributed by atoms with E-state index in [4.69, 9.17) is 23.8 Å². The van der Waals surface area contributed by atoms with Crippen LogP contribution in [0.2, 0.25) is 5.02 Å². The first-order chi connectivity index (χ1) is 12.9. The summed E-state index contributed by atoms with van der Waals surface area (Å²) in [5, 5.41) is 6.20. The van der Waals surface area contributed by atoms with Crippen LogP contribution in [0.4, 0.5) is 5.69 Å². The molecule has 0 atom stereocenters. The highest BCUT2D eigenvalue weighted by molar-refractivity contribution is 7.80. The van der Waals surface area contributed by atoms with Gasteiger partial charge < -0.3 is 10.6 Å². The zero-order valence-corrected chi connectivity index (χ0v) is 16.0. The van der Waals surface area contributed by atoms with E-state index in [0.717, 1.165) is 16.2 Å². The monoisotopic (exact) mass is 401 g/mol. The van der Waals surface area contributed by atoms with Gasteiger partial charge in [-0.3, -0.25) is 19.3 Å². The minimum absolute atomic E-state index is 0.0131. The number of fused-ring (bicyclic) bond motifs is 1. The first kappa shape index (κ1) is 19.0. The van der Waals surface area contributed by atoms with Gasteiger partial charge in [-0.1, -0.05) is 23.7 Å². The van der Waals surface area contributed by atoms with Gasteiger partial charge in [-0.25, -0.2) is 0 Å². The van der Waals surface area contributed by atoms with Crippen molar-refractivity contribution in [3.8, 4) is 0 Å². The lowest BCUT2D eigenvalue weighted by molar-refractivity contribution is -0.119. The van der Waals surface area contributed by atoms with Crippen LogP contribution >= 0.6 is 23.8 Å². The van der Waals surface area contributed by atoms with Crippen molar-refractivity contribution in [1.29, 1.82) is 0 Å². The third kappa shape index (κ3) is 4.15. The Hall–Kier alpha value is -2.77. The largest absolute Gasteiger partial charge is 0.332 e. The summed E-state index contributed by atoms with van der Waals surface area (Å²) in [5.41, 5.74) is 2.33. The fourth-order valence-corrected chi connectivity index (χ4v) is 3.22. The van der Waals surface area contributed by atoms with E-state index in [0.29, 0.717) is 16.1 Å². The number of carbonyl (C=O) groups is 3. The van der Waals surface area contributed by atoms with Crippen molar-refractivity contribution >= 4 is 52.3 Å². The molecule has 0 fully saturated rings. The van der Waals surface area contributed by atoms with Gasteiger partial charge in [-0.05, 0) is 55.0 Å². The van der Waals surface area contributed by atoms with Gasteiger partial charge in [0, 0.05) is 23.7 Å². The summed E-state index contributed by atoms with van der Waals surface area (Å²) in [6.07, 6.45) is -0.0487. The maximum atomic E-state index is 12.3. The van der Waals surface area contributed by atoms with E-state index in [1.165, 1.54) is 0 Å². The predicted molar refractivity (Wildman–Crippen MR) is 107 cm³/mol. The Labute approximate surface area is 166 Å². The van der Waals surface area contributed by atoms with Gasteiger partial charge in [0.15, 0.2) is 5.11 Å². The Morgan fingerprint density at radius 1 is 1.11 bits per heavy atom. The van der Waals surface area contributed by atoms with Gasteiger partial charge in [0.1, 0.15) is 0 Å². The molecule has 2 aromatic rings. The Morgan fingerprint density at radius 3 is 2.33 bits per heavy atom. The minimum Gasteiger partial charge on any atom is -0.332 e. The Kier molecular flexibility index (Phi) is 5.53. The van der Waals surface area contributed by atoms with Crippen LogP contribution in [0.1, 0.15) is 32.7 Å². The molecule has 8 heteroatoms. The second-order valence-corrected chi connectivity index (χ2v) is 6.86. The summed E-state index contributed by atoms with van der Waals surface area (Å²) in [6.45, 7) is 1.85. The minimum atomic E-state index is -0.393. The van der Waals surface area contributed by atoms with Gasteiger partial charge in [0.25, 0.3) is 11.8 Å². The highest BCUT2D eigenvalue weighted by Crippen LogP contribution is 2.22. The molecule has 1 aliphatic heterocycles. The van der Waals surface area contributed by atoms with Gasteiger partial charge in [-0.15, -0.1) is 0 Å². The molecule has 2 aromatic carbocycles. The number of nitrogens with one attached hydrogen (secondary N) is 2. The summed E-state index contributed by atoms with van der Waals surface area (Å²) in [5.74, 6) is -1.17. The number of amides is 3. The van der Waals surface area contributed by atoms with Crippen LogP contribution in [0.5, 0.6) is 0 Å². The molecule has 3 amide bonds. The number of nitrogens with zero attached hydrogens (tertiary/aromatic N) is 1. The molecule has 3 rings (SSSR count). The van der Waals surface area contributed by atoms with E-state index >= 15 is 0 Å². The fourth-order valence-electron chi connectivity index (χ4n) is 2.77. The lowest BCUT2D eigenvalue weighted by atomic mass is 10.1. The normalized spacial score (nSPS) is 12.7. The summed E-state index contributed by atoms with van der Waals surface area (Å²) in [6, 6.07) is 11.8. The van der Waals surface area contributed by atoms with E-state index in [2.05, 4.69) is 10.6 Å². The van der Waals surface area contributed by atoms with Crippen LogP contribution in [0.25, 0.3) is 0 Å². The number of benzene rings is 2. The molecular formula is C19H16ClN3O3S. The second kappa shape index (κ2) is 7.85. The highest BCUT2D eigenvalue weighted by atomic mass is 35.5. The van der Waals surface area contributed by atoms with E-state index < -0.39 is 5.91 Å². The molecule has 6 nitrogen and oxygen atoms in total. The smallest absolute Gasteiger partial charge is 0.261 e. The van der Waals surface area contributed by atoms with Gasteiger partial charge in [-0.2, -0.15) is 0 Å². The zero-order chi connectivity index (χ0) is 19.6. The van der Waals surface area contributed by atoms with Gasteiger partial charge in [0.05, 0.1) is 11.1 Å². The molecule has 0 radical (unpaired) electrons. The maximum Gasteiger partial charge on any atom is 0.261 e. The molecular weight excluding hydrogens is 386 g/mol. The number of halogens is 1. The van der Waals surface area contributed by atoms with Crippen molar-refractivity contribution in [1.82, 2.24) is 10.2 Å². The SMILES string of the molecule is Cc1cc(Cl)ccc1NC(=S)NC(=O)CCN1C(=O)c2ccccc2C1=O. The van der Waals surface area contributed by atoms with E-state index in [1.54, 1.807) is 42.5 Å². The van der Waals surface area contributed by atoms with Gasteiger partial charge in [0.2, 0.25) is 5.91 Å². The molecule has 1 aliphatic rings. The van der Waals surface area contributed by atoms with E-state index in [-0.39, 0.29) is 29.9 Å². The molecule has 0 saturated carbocycles. The number of thiocarbonyl (C=S) groups is 1. The number of imide groups is 1. The lowest BCUT2D eigenvalue weighted by Gasteiger charge is -2.15. The number of hydrogen-bond donors (Lipinski definition) is 2. The van der Waals surface area contributed by atoms with Crippen molar-refractivity contribution in [3.05, 3.63) is 64.2 Å². The number of carbonyl (C=O) groups excluding carboxylic acids is 3. The van der Waals surface area contributed by atoms with Crippen LogP contribution in [0.15, 0.2) is 42.5 Å². The summed E-state index contributed by atoms with van der Waals surface area (Å²) in [4.78, 5) is 37.7. The van der Waals surface area contributed by atoms with Crippen molar-refractivity contribution in [2.45, 2.75) is 13.3 Å². The predicted octanol–water partition coefficient (Wildman–Crippen LogP) is 3.15. The molecule has 0 aromatic heterocycles. The first-order valence-electron chi connectivity index (χ1n) is 8.19. The number of anilines is 1. The summed E-state index contributed by atoms with van der Waals surface area (Å²) < 4.78 is 0. The van der Waals surface area contributed by atoms with Crippen molar-refractivity contribution in [3.63, 3.8) is 0 Å². The standard InChI is InChI=1S/C19H16ClN3O3S/c1-11-10-12(20)6-7-15(11)21-19(27)22-16(24)8-9-23-17(25)13-4-2-3-5-14(13)18(23)26/h2-7,10H,8-9H2,1H3,(H2,21,22,24,27). The fraction of sp³-hybridized carbons (Fsp3) is 0.158. The number of hydrogen-bond acceptors (Lipinski definition) is 4. The highest BCUT2D eigenvalue weighted by Gasteiger charge is 2.34. The first-order valence-corrected chi connectivity index (χ1v) is 8.97. The second-order valence-electron chi connectivity index (χ2n) is 6.02. The van der Waals surface area contributed by atoms with Crippen molar-refractivity contribution < 1.29 is 14.4 Å². The maximum absolute atomic E-state index is 12.3. The molecule has 1 heterocycles. The van der Waals surface area contributed by atoms with E-state index in [1.807, 2.05) is 6.92 Å². The van der Waals surface area contributed by atoms with Crippen molar-refractivity contribution in [2.24, 2.45) is 0 Å². The van der Waals surface area contributed by atoms with E-state index in [9.17, 15) is 14.4 Å². The third-order valence-corrected chi connectivity index (χ3v) is 4.57. The topological polar surface area (TPSA) is 78.5 Å². The summed E-state index contributed by atoms with van der Waals surface area (Å²) in [7, 11) is 0. The van der Waals surface area contributed by atoms with Crippen LogP contribution < -0.4 is 10.6 Å². The summed E-state index contributed by atoms with van der Waals surface area (Å²) >= 11 is 11.0. The molecule has 0 spiro atoms. The lowest BCUT2D eigenvalue weighted by Crippen LogP contribution is -2.38. The van der Waals surface area contributed by atoms with Crippen LogP contribution in [-0.2, 0) is 4.79 Å². The van der Waals surface area contributed by atoms with Gasteiger partial charge >= 0.3 is 0 Å².